The molecular weight excluding hydrogens is 218 g/mol. The molecule has 0 heterocycles. The maximum absolute atomic E-state index is 11.5. The fraction of sp³-hybridized carbons (Fsp3) is 0.333. The Balaban J connectivity index is 2.48. The number of anilines is 1. The molecule has 1 rings (SSSR count). The fourth-order valence-electron chi connectivity index (χ4n) is 1.31. The Kier molecular flexibility index (Phi) is 4.98. The highest BCUT2D eigenvalue weighted by Crippen LogP contribution is 2.08. The predicted molar refractivity (Wildman–Crippen MR) is 64.6 cm³/mol. The molecule has 0 bridgehead atoms. The van der Waals surface area contributed by atoms with Gasteiger partial charge in [-0.1, -0.05) is 0 Å². The number of rotatable bonds is 4. The topological polar surface area (TPSA) is 74.2 Å². The highest BCUT2D eigenvalue weighted by Gasteiger charge is 2.06. The van der Waals surface area contributed by atoms with Crippen LogP contribution in [0.4, 0.5) is 10.5 Å². The number of ether oxygens (including phenoxy) is 1. The molecule has 0 saturated carbocycles. The fourth-order valence-corrected chi connectivity index (χ4v) is 1.31. The third-order valence-electron chi connectivity index (χ3n) is 2.07. The molecule has 0 radical (unpaired) electrons. The van der Waals surface area contributed by atoms with E-state index in [1.807, 2.05) is 13.0 Å². The maximum atomic E-state index is 11.5. The van der Waals surface area contributed by atoms with Gasteiger partial charge in [0.05, 0.1) is 24.3 Å². The number of carbonyl (C=O) groups is 1. The number of amides is 2. The lowest BCUT2D eigenvalue weighted by molar-refractivity contribution is 0.173. The van der Waals surface area contributed by atoms with Crippen molar-refractivity contribution >= 4 is 11.7 Å². The number of urea groups is 1. The Morgan fingerprint density at radius 1 is 1.47 bits per heavy atom. The number of nitrogens with zero attached hydrogens (tertiary/aromatic N) is 1. The van der Waals surface area contributed by atoms with Crippen molar-refractivity contribution in [3.63, 3.8) is 0 Å². The van der Waals surface area contributed by atoms with Crippen LogP contribution >= 0.6 is 0 Å². The molecule has 2 N–H and O–H groups in total. The number of hydrogen-bond acceptors (Lipinski definition) is 3. The van der Waals surface area contributed by atoms with Crippen LogP contribution in [-0.2, 0) is 4.74 Å². The quantitative estimate of drug-likeness (QED) is 0.831. The van der Waals surface area contributed by atoms with Crippen molar-refractivity contribution < 1.29 is 9.53 Å². The van der Waals surface area contributed by atoms with Crippen molar-refractivity contribution in [2.75, 3.05) is 19.0 Å². The standard InChI is InChI=1S/C12H15N3O2/c1-9(8-17-2)14-12(16)15-11-5-3-10(7-13)4-6-11/h3-6,9H,8H2,1-2H3,(H2,14,15,16)/t9-/m1/s1. The molecule has 0 spiro atoms. The van der Waals surface area contributed by atoms with E-state index in [-0.39, 0.29) is 12.1 Å². The summed E-state index contributed by atoms with van der Waals surface area (Å²) in [6.45, 7) is 2.31. The van der Waals surface area contributed by atoms with Crippen LogP contribution in [-0.4, -0.2) is 25.8 Å². The SMILES string of the molecule is COC[C@@H](C)NC(=O)Nc1ccc(C#N)cc1. The van der Waals surface area contributed by atoms with Crippen molar-refractivity contribution in [1.29, 1.82) is 5.26 Å². The Morgan fingerprint density at radius 3 is 2.65 bits per heavy atom. The molecule has 0 aliphatic carbocycles. The van der Waals surface area contributed by atoms with E-state index in [1.54, 1.807) is 31.4 Å². The van der Waals surface area contributed by atoms with Gasteiger partial charge in [0.1, 0.15) is 0 Å². The Labute approximate surface area is 100 Å². The number of nitriles is 1. The van der Waals surface area contributed by atoms with Crippen molar-refractivity contribution in [2.24, 2.45) is 0 Å². The van der Waals surface area contributed by atoms with Crippen LogP contribution in [0, 0.1) is 11.3 Å². The second-order valence-corrected chi connectivity index (χ2v) is 3.64. The predicted octanol–water partition coefficient (Wildman–Crippen LogP) is 1.71. The zero-order valence-corrected chi connectivity index (χ0v) is 9.86. The molecule has 1 aromatic carbocycles. The summed E-state index contributed by atoms with van der Waals surface area (Å²) in [4.78, 5) is 11.5. The van der Waals surface area contributed by atoms with E-state index in [2.05, 4.69) is 10.6 Å². The van der Waals surface area contributed by atoms with Gasteiger partial charge in [-0.05, 0) is 31.2 Å². The van der Waals surface area contributed by atoms with E-state index < -0.39 is 0 Å². The first-order valence-electron chi connectivity index (χ1n) is 5.22. The van der Waals surface area contributed by atoms with Crippen molar-refractivity contribution in [1.82, 2.24) is 5.32 Å². The molecule has 0 aliphatic heterocycles. The van der Waals surface area contributed by atoms with Crippen molar-refractivity contribution in [3.8, 4) is 6.07 Å². The van der Waals surface area contributed by atoms with Gasteiger partial charge in [-0.25, -0.2) is 4.79 Å². The van der Waals surface area contributed by atoms with E-state index in [0.717, 1.165) is 0 Å². The third kappa shape index (κ3) is 4.53. The van der Waals surface area contributed by atoms with E-state index in [4.69, 9.17) is 10.00 Å². The van der Waals surface area contributed by atoms with Gasteiger partial charge in [0.15, 0.2) is 0 Å². The van der Waals surface area contributed by atoms with Crippen LogP contribution in [0.3, 0.4) is 0 Å². The van der Waals surface area contributed by atoms with E-state index in [9.17, 15) is 4.79 Å². The summed E-state index contributed by atoms with van der Waals surface area (Å²) in [5, 5.41) is 14.0. The van der Waals surface area contributed by atoms with Gasteiger partial charge in [-0.2, -0.15) is 5.26 Å². The Hall–Kier alpha value is -2.06. The average molecular weight is 233 g/mol. The van der Waals surface area contributed by atoms with Gasteiger partial charge in [-0.3, -0.25) is 0 Å². The summed E-state index contributed by atoms with van der Waals surface area (Å²) in [6.07, 6.45) is 0. The maximum Gasteiger partial charge on any atom is 0.319 e. The van der Waals surface area contributed by atoms with E-state index in [0.29, 0.717) is 17.9 Å². The first-order valence-corrected chi connectivity index (χ1v) is 5.22. The molecule has 1 atom stereocenters. The molecule has 0 aromatic heterocycles. The Morgan fingerprint density at radius 2 is 2.12 bits per heavy atom. The minimum atomic E-state index is -0.292. The number of benzene rings is 1. The lowest BCUT2D eigenvalue weighted by Crippen LogP contribution is -2.38. The molecule has 5 heteroatoms. The summed E-state index contributed by atoms with van der Waals surface area (Å²) >= 11 is 0. The molecule has 0 saturated heterocycles. The van der Waals surface area contributed by atoms with Gasteiger partial charge in [0.25, 0.3) is 0 Å². The molecule has 2 amide bonds. The minimum absolute atomic E-state index is 0.0571. The zero-order chi connectivity index (χ0) is 12.7. The average Bonchev–Trinajstić information content (AvgIpc) is 2.30. The smallest absolute Gasteiger partial charge is 0.319 e. The highest BCUT2D eigenvalue weighted by atomic mass is 16.5. The van der Waals surface area contributed by atoms with Crippen LogP contribution in [0.5, 0.6) is 0 Å². The van der Waals surface area contributed by atoms with Gasteiger partial charge in [0.2, 0.25) is 0 Å². The highest BCUT2D eigenvalue weighted by molar-refractivity contribution is 5.89. The van der Waals surface area contributed by atoms with Crippen molar-refractivity contribution in [2.45, 2.75) is 13.0 Å². The molecular formula is C12H15N3O2. The van der Waals surface area contributed by atoms with Gasteiger partial charge in [-0.15, -0.1) is 0 Å². The monoisotopic (exact) mass is 233 g/mol. The summed E-state index contributed by atoms with van der Waals surface area (Å²) in [5.41, 5.74) is 1.20. The minimum Gasteiger partial charge on any atom is -0.383 e. The van der Waals surface area contributed by atoms with Crippen LogP contribution < -0.4 is 10.6 Å². The molecule has 0 unspecified atom stereocenters. The van der Waals surface area contributed by atoms with Gasteiger partial charge < -0.3 is 15.4 Å². The van der Waals surface area contributed by atoms with Crippen molar-refractivity contribution in [3.05, 3.63) is 29.8 Å². The normalized spacial score (nSPS) is 11.4. The summed E-state index contributed by atoms with van der Waals surface area (Å²) in [5.74, 6) is 0. The molecule has 1 aromatic rings. The Bertz CT molecular complexity index is 409. The lowest BCUT2D eigenvalue weighted by Gasteiger charge is -2.13. The first-order chi connectivity index (χ1) is 8.15. The van der Waals surface area contributed by atoms with Crippen LogP contribution in [0.1, 0.15) is 12.5 Å². The first kappa shape index (κ1) is 13.0. The molecule has 90 valence electrons. The van der Waals surface area contributed by atoms with Gasteiger partial charge >= 0.3 is 6.03 Å². The zero-order valence-electron chi connectivity index (χ0n) is 9.86. The number of methoxy groups -OCH3 is 1. The second-order valence-electron chi connectivity index (χ2n) is 3.64. The molecule has 5 nitrogen and oxygen atoms in total. The third-order valence-corrected chi connectivity index (χ3v) is 2.07. The molecule has 0 fully saturated rings. The largest absolute Gasteiger partial charge is 0.383 e. The summed E-state index contributed by atoms with van der Waals surface area (Å²) < 4.78 is 4.91. The summed E-state index contributed by atoms with van der Waals surface area (Å²) in [6, 6.07) is 8.32. The lowest BCUT2D eigenvalue weighted by atomic mass is 10.2. The van der Waals surface area contributed by atoms with Crippen LogP contribution in [0.15, 0.2) is 24.3 Å². The van der Waals surface area contributed by atoms with Crippen LogP contribution in [0.25, 0.3) is 0 Å². The van der Waals surface area contributed by atoms with E-state index >= 15 is 0 Å². The number of carbonyl (C=O) groups excluding carboxylic acids is 1. The molecule has 0 aliphatic rings. The molecule has 17 heavy (non-hydrogen) atoms. The van der Waals surface area contributed by atoms with E-state index in [1.165, 1.54) is 0 Å². The number of nitrogens with one attached hydrogen (secondary N) is 2. The van der Waals surface area contributed by atoms with Gasteiger partial charge in [0, 0.05) is 12.8 Å². The van der Waals surface area contributed by atoms with Crippen LogP contribution in [0.2, 0.25) is 0 Å². The summed E-state index contributed by atoms with van der Waals surface area (Å²) in [7, 11) is 1.58. The second kappa shape index (κ2) is 6.51. The number of hydrogen-bond donors (Lipinski definition) is 2.